The molecule has 1 aliphatic rings. The molecular formula is C24H26BNO2. The van der Waals surface area contributed by atoms with Crippen LogP contribution in [0.15, 0.2) is 72.8 Å². The van der Waals surface area contributed by atoms with Gasteiger partial charge in [-0.25, -0.2) is 0 Å². The fourth-order valence-corrected chi connectivity index (χ4v) is 3.47. The number of hydrogen-bond donors (Lipinski definition) is 1. The minimum atomic E-state index is -0.353. The van der Waals surface area contributed by atoms with Gasteiger partial charge in [-0.15, -0.1) is 0 Å². The van der Waals surface area contributed by atoms with Crippen LogP contribution in [0.1, 0.15) is 27.7 Å². The summed E-state index contributed by atoms with van der Waals surface area (Å²) in [5.41, 5.74) is 11.8. The molecule has 0 amide bonds. The molecule has 142 valence electrons. The Balaban J connectivity index is 1.68. The molecule has 0 bridgehead atoms. The molecule has 28 heavy (non-hydrogen) atoms. The molecule has 0 aromatic heterocycles. The van der Waals surface area contributed by atoms with Crippen molar-refractivity contribution < 1.29 is 9.31 Å². The molecule has 0 atom stereocenters. The number of rotatable bonds is 3. The Morgan fingerprint density at radius 1 is 0.679 bits per heavy atom. The molecule has 3 aromatic carbocycles. The summed E-state index contributed by atoms with van der Waals surface area (Å²) in [6.07, 6.45) is 0. The fraction of sp³-hybridized carbons (Fsp3) is 0.250. The van der Waals surface area contributed by atoms with Crippen molar-refractivity contribution in [1.29, 1.82) is 0 Å². The average molecular weight is 371 g/mol. The van der Waals surface area contributed by atoms with E-state index in [4.69, 9.17) is 15.0 Å². The first kappa shape index (κ1) is 18.8. The van der Waals surface area contributed by atoms with E-state index in [0.29, 0.717) is 0 Å². The monoisotopic (exact) mass is 371 g/mol. The highest BCUT2D eigenvalue weighted by Crippen LogP contribution is 2.37. The van der Waals surface area contributed by atoms with Crippen molar-refractivity contribution in [3.05, 3.63) is 72.8 Å². The zero-order valence-corrected chi connectivity index (χ0v) is 16.9. The number of nitrogens with two attached hydrogens (primary N) is 1. The molecular weight excluding hydrogens is 345 g/mol. The van der Waals surface area contributed by atoms with Crippen LogP contribution >= 0.6 is 0 Å². The minimum absolute atomic E-state index is 0.343. The Bertz CT molecular complexity index is 965. The lowest BCUT2D eigenvalue weighted by Gasteiger charge is -2.32. The van der Waals surface area contributed by atoms with E-state index in [1.54, 1.807) is 0 Å². The number of anilines is 1. The summed E-state index contributed by atoms with van der Waals surface area (Å²) in [7, 11) is -0.353. The number of hydrogen-bond acceptors (Lipinski definition) is 3. The standard InChI is InChI=1S/C24H26BNO2/c1-23(2)24(3,4)28-25(27-23)19-12-10-18(11-13-19)22-16-20(26)14-15-21(22)17-8-6-5-7-9-17/h5-16H,26H2,1-4H3. The predicted molar refractivity (Wildman–Crippen MR) is 117 cm³/mol. The van der Waals surface area contributed by atoms with Crippen molar-refractivity contribution in [2.24, 2.45) is 0 Å². The zero-order valence-electron chi connectivity index (χ0n) is 16.9. The summed E-state index contributed by atoms with van der Waals surface area (Å²) in [5.74, 6) is 0. The maximum Gasteiger partial charge on any atom is 0.494 e. The van der Waals surface area contributed by atoms with Gasteiger partial charge in [0.25, 0.3) is 0 Å². The molecule has 0 aliphatic carbocycles. The second-order valence-corrected chi connectivity index (χ2v) is 8.38. The van der Waals surface area contributed by atoms with Crippen LogP contribution in [-0.2, 0) is 9.31 Å². The van der Waals surface area contributed by atoms with Gasteiger partial charge < -0.3 is 15.0 Å². The first-order valence-electron chi connectivity index (χ1n) is 9.68. The molecule has 3 nitrogen and oxygen atoms in total. The van der Waals surface area contributed by atoms with Gasteiger partial charge in [0.2, 0.25) is 0 Å². The first-order valence-corrected chi connectivity index (χ1v) is 9.68. The van der Waals surface area contributed by atoms with E-state index >= 15 is 0 Å². The molecule has 3 aromatic rings. The van der Waals surface area contributed by atoms with Gasteiger partial charge in [-0.05, 0) is 67.5 Å². The van der Waals surface area contributed by atoms with Crippen LogP contribution in [0.3, 0.4) is 0 Å². The third-order valence-electron chi connectivity index (χ3n) is 5.88. The SMILES string of the molecule is CC1(C)OB(c2ccc(-c3cc(N)ccc3-c3ccccc3)cc2)OC1(C)C. The Kier molecular flexibility index (Phi) is 4.57. The summed E-state index contributed by atoms with van der Waals surface area (Å²) >= 11 is 0. The molecule has 0 unspecified atom stereocenters. The highest BCUT2D eigenvalue weighted by Gasteiger charge is 2.51. The highest BCUT2D eigenvalue weighted by molar-refractivity contribution is 6.62. The van der Waals surface area contributed by atoms with Crippen LogP contribution in [0.4, 0.5) is 5.69 Å². The molecule has 1 aliphatic heterocycles. The Labute approximate surface area is 167 Å². The molecule has 1 saturated heterocycles. The largest absolute Gasteiger partial charge is 0.494 e. The van der Waals surface area contributed by atoms with Gasteiger partial charge in [0.05, 0.1) is 11.2 Å². The van der Waals surface area contributed by atoms with Crippen molar-refractivity contribution in [2.45, 2.75) is 38.9 Å². The zero-order chi connectivity index (χ0) is 19.9. The van der Waals surface area contributed by atoms with Crippen LogP contribution in [0, 0.1) is 0 Å². The number of nitrogen functional groups attached to an aromatic ring is 1. The highest BCUT2D eigenvalue weighted by atomic mass is 16.7. The summed E-state index contributed by atoms with van der Waals surface area (Å²) < 4.78 is 12.3. The van der Waals surface area contributed by atoms with Crippen molar-refractivity contribution >= 4 is 18.3 Å². The molecule has 0 radical (unpaired) electrons. The quantitative estimate of drug-likeness (QED) is 0.526. The van der Waals surface area contributed by atoms with Gasteiger partial charge in [-0.1, -0.05) is 60.7 Å². The van der Waals surface area contributed by atoms with Gasteiger partial charge in [0, 0.05) is 5.69 Å². The topological polar surface area (TPSA) is 44.5 Å². The summed E-state index contributed by atoms with van der Waals surface area (Å²) in [6, 6.07) is 24.8. The van der Waals surface area contributed by atoms with Crippen LogP contribution in [0.2, 0.25) is 0 Å². The lowest BCUT2D eigenvalue weighted by Crippen LogP contribution is -2.41. The van der Waals surface area contributed by atoms with Crippen molar-refractivity contribution in [3.8, 4) is 22.3 Å². The van der Waals surface area contributed by atoms with E-state index in [1.165, 1.54) is 5.56 Å². The average Bonchev–Trinajstić information content (AvgIpc) is 2.90. The summed E-state index contributed by atoms with van der Waals surface area (Å²) in [4.78, 5) is 0. The summed E-state index contributed by atoms with van der Waals surface area (Å²) in [5, 5.41) is 0. The Morgan fingerprint density at radius 2 is 1.25 bits per heavy atom. The fourth-order valence-electron chi connectivity index (χ4n) is 3.47. The summed E-state index contributed by atoms with van der Waals surface area (Å²) in [6.45, 7) is 8.28. The second kappa shape index (κ2) is 6.80. The van der Waals surface area contributed by atoms with Crippen LogP contribution in [0.5, 0.6) is 0 Å². The minimum Gasteiger partial charge on any atom is -0.399 e. The Morgan fingerprint density at radius 3 is 1.86 bits per heavy atom. The van der Waals surface area contributed by atoms with Gasteiger partial charge in [0.1, 0.15) is 0 Å². The molecule has 0 spiro atoms. The lowest BCUT2D eigenvalue weighted by atomic mass is 9.78. The smallest absolute Gasteiger partial charge is 0.399 e. The second-order valence-electron chi connectivity index (χ2n) is 8.38. The van der Waals surface area contributed by atoms with Gasteiger partial charge in [-0.3, -0.25) is 0 Å². The first-order chi connectivity index (χ1) is 13.3. The molecule has 4 heteroatoms. The van der Waals surface area contributed by atoms with Crippen molar-refractivity contribution in [3.63, 3.8) is 0 Å². The van der Waals surface area contributed by atoms with Gasteiger partial charge >= 0.3 is 7.12 Å². The number of benzene rings is 3. The van der Waals surface area contributed by atoms with E-state index in [-0.39, 0.29) is 18.3 Å². The molecule has 0 saturated carbocycles. The van der Waals surface area contributed by atoms with E-state index in [0.717, 1.165) is 27.8 Å². The van der Waals surface area contributed by atoms with E-state index in [9.17, 15) is 0 Å². The van der Waals surface area contributed by atoms with E-state index in [2.05, 4.69) is 82.3 Å². The van der Waals surface area contributed by atoms with Crippen molar-refractivity contribution in [2.75, 3.05) is 5.73 Å². The molecule has 4 rings (SSSR count). The molecule has 2 N–H and O–H groups in total. The van der Waals surface area contributed by atoms with E-state index in [1.807, 2.05) is 18.2 Å². The maximum atomic E-state index is 6.17. The maximum absolute atomic E-state index is 6.17. The third-order valence-corrected chi connectivity index (χ3v) is 5.88. The predicted octanol–water partition coefficient (Wildman–Crippen LogP) is 4.90. The van der Waals surface area contributed by atoms with E-state index < -0.39 is 0 Å². The van der Waals surface area contributed by atoms with Crippen molar-refractivity contribution in [1.82, 2.24) is 0 Å². The lowest BCUT2D eigenvalue weighted by molar-refractivity contribution is 0.00578. The third kappa shape index (κ3) is 3.34. The normalized spacial score (nSPS) is 17.6. The molecule has 1 fully saturated rings. The Hall–Kier alpha value is -2.56. The molecule has 1 heterocycles. The van der Waals surface area contributed by atoms with Gasteiger partial charge in [0.15, 0.2) is 0 Å². The van der Waals surface area contributed by atoms with Crippen LogP contribution in [-0.4, -0.2) is 18.3 Å². The van der Waals surface area contributed by atoms with Gasteiger partial charge in [-0.2, -0.15) is 0 Å². The van der Waals surface area contributed by atoms with Crippen LogP contribution in [0.25, 0.3) is 22.3 Å². The van der Waals surface area contributed by atoms with Crippen LogP contribution < -0.4 is 11.2 Å².